The van der Waals surface area contributed by atoms with Crippen LogP contribution < -0.4 is 15.1 Å². The summed E-state index contributed by atoms with van der Waals surface area (Å²) in [6.45, 7) is 6.38. The Morgan fingerprint density at radius 1 is 1.11 bits per heavy atom. The zero-order chi connectivity index (χ0) is 33.2. The first-order valence-corrected chi connectivity index (χ1v) is 16.4. The summed E-state index contributed by atoms with van der Waals surface area (Å²) in [7, 11) is -3.82. The summed E-state index contributed by atoms with van der Waals surface area (Å²) in [5.74, 6) is -3.12. The van der Waals surface area contributed by atoms with Gasteiger partial charge < -0.3 is 20.2 Å². The summed E-state index contributed by atoms with van der Waals surface area (Å²) >= 11 is 0. The number of likely N-dealkylation sites (N-methyl/N-ethyl adjacent to an activating group) is 1. The van der Waals surface area contributed by atoms with E-state index in [2.05, 4.69) is 5.32 Å². The zero-order valence-electron chi connectivity index (χ0n) is 25.6. The van der Waals surface area contributed by atoms with Crippen molar-refractivity contribution in [2.45, 2.75) is 52.4 Å². The Labute approximate surface area is 261 Å². The number of nitriles is 1. The van der Waals surface area contributed by atoms with Gasteiger partial charge in [0.2, 0.25) is 11.8 Å². The van der Waals surface area contributed by atoms with Gasteiger partial charge in [-0.2, -0.15) is 5.26 Å². The molecule has 2 N–H and O–H groups in total. The maximum Gasteiger partial charge on any atom is 0.407 e. The number of nitrogens with zero attached hydrogens (tertiary/aromatic N) is 4. The average Bonchev–Trinajstić information content (AvgIpc) is 3.05. The predicted molar refractivity (Wildman–Crippen MR) is 169 cm³/mol. The van der Waals surface area contributed by atoms with E-state index in [0.717, 1.165) is 38.0 Å². The van der Waals surface area contributed by atoms with E-state index in [1.807, 2.05) is 49.4 Å². The lowest BCUT2D eigenvalue weighted by atomic mass is 9.98. The van der Waals surface area contributed by atoms with Gasteiger partial charge in [0.05, 0.1) is 35.6 Å². The van der Waals surface area contributed by atoms with Gasteiger partial charge in [-0.1, -0.05) is 36.4 Å². The van der Waals surface area contributed by atoms with Crippen LogP contribution in [0.4, 0.5) is 16.2 Å². The molecule has 0 fully saturated rings. The summed E-state index contributed by atoms with van der Waals surface area (Å²) < 4.78 is 24.5. The number of amides is 4. The standard InChI is InChI=1S/C32H35N5O7S/c1-6-35(32(41)42)21(4)30(39)34-29-20(3)37(28(38)18-45(5,43)44)27-15-22(16-33)12-14-26(27)36(31(29)40)17-25-19(2)11-13-23-9-7-8-10-24(23)25/h7-15,20-21,29H,6,17-18H2,1-5H3,(H,34,39)(H,41,42)/t20-,21-,29-/m0/s1. The molecule has 13 heteroatoms. The Kier molecular flexibility index (Phi) is 9.48. The molecule has 0 radical (unpaired) electrons. The highest BCUT2D eigenvalue weighted by atomic mass is 32.2. The van der Waals surface area contributed by atoms with Gasteiger partial charge in [-0.05, 0) is 67.8 Å². The van der Waals surface area contributed by atoms with E-state index in [-0.39, 0.29) is 30.0 Å². The van der Waals surface area contributed by atoms with Crippen molar-refractivity contribution in [2.24, 2.45) is 0 Å². The normalized spacial score (nSPS) is 17.2. The Morgan fingerprint density at radius 2 is 1.80 bits per heavy atom. The van der Waals surface area contributed by atoms with Crippen LogP contribution in [-0.4, -0.2) is 78.9 Å². The first-order valence-electron chi connectivity index (χ1n) is 14.3. The van der Waals surface area contributed by atoms with Gasteiger partial charge in [0, 0.05) is 12.8 Å². The van der Waals surface area contributed by atoms with E-state index in [4.69, 9.17) is 0 Å². The minimum atomic E-state index is -3.82. The fourth-order valence-electron chi connectivity index (χ4n) is 5.68. The van der Waals surface area contributed by atoms with Gasteiger partial charge in [-0.25, -0.2) is 13.2 Å². The molecule has 236 valence electrons. The van der Waals surface area contributed by atoms with Crippen molar-refractivity contribution in [3.05, 3.63) is 71.3 Å². The largest absolute Gasteiger partial charge is 0.465 e. The second-order valence-corrected chi connectivity index (χ2v) is 13.3. The highest BCUT2D eigenvalue weighted by Gasteiger charge is 2.43. The van der Waals surface area contributed by atoms with Gasteiger partial charge >= 0.3 is 6.09 Å². The molecule has 0 saturated heterocycles. The van der Waals surface area contributed by atoms with Crippen LogP contribution in [0, 0.1) is 18.3 Å². The molecule has 1 aliphatic rings. The number of sulfone groups is 1. The Morgan fingerprint density at radius 3 is 2.42 bits per heavy atom. The molecule has 45 heavy (non-hydrogen) atoms. The third-order valence-electron chi connectivity index (χ3n) is 8.05. The summed E-state index contributed by atoms with van der Waals surface area (Å²) in [5.41, 5.74) is 2.23. The van der Waals surface area contributed by atoms with Crippen molar-refractivity contribution in [1.82, 2.24) is 10.2 Å². The lowest BCUT2D eigenvalue weighted by Gasteiger charge is -2.33. The summed E-state index contributed by atoms with van der Waals surface area (Å²) in [4.78, 5) is 56.9. The molecule has 3 aromatic rings. The summed E-state index contributed by atoms with van der Waals surface area (Å²) in [5, 5.41) is 23.8. The van der Waals surface area contributed by atoms with Gasteiger partial charge in [-0.15, -0.1) is 0 Å². The van der Waals surface area contributed by atoms with Crippen LogP contribution in [0.25, 0.3) is 10.8 Å². The second kappa shape index (κ2) is 13.0. The molecule has 12 nitrogen and oxygen atoms in total. The monoisotopic (exact) mass is 633 g/mol. The third-order valence-corrected chi connectivity index (χ3v) is 8.82. The van der Waals surface area contributed by atoms with Crippen molar-refractivity contribution in [3.63, 3.8) is 0 Å². The number of rotatable bonds is 8. The van der Waals surface area contributed by atoms with Crippen LogP contribution in [0.3, 0.4) is 0 Å². The minimum absolute atomic E-state index is 0.00587. The van der Waals surface area contributed by atoms with Crippen LogP contribution in [0.15, 0.2) is 54.6 Å². The van der Waals surface area contributed by atoms with E-state index in [9.17, 15) is 38.0 Å². The maximum absolute atomic E-state index is 14.6. The number of fused-ring (bicyclic) bond motifs is 2. The molecule has 4 rings (SSSR count). The number of carbonyl (C=O) groups excluding carboxylic acids is 3. The molecule has 0 bridgehead atoms. The van der Waals surface area contributed by atoms with Crippen molar-refractivity contribution in [1.29, 1.82) is 5.26 Å². The number of nitrogens with one attached hydrogen (secondary N) is 1. The summed E-state index contributed by atoms with van der Waals surface area (Å²) in [6, 6.07) is 14.3. The first kappa shape index (κ1) is 32.9. The van der Waals surface area contributed by atoms with Gasteiger partial charge in [-0.3, -0.25) is 19.3 Å². The van der Waals surface area contributed by atoms with Crippen molar-refractivity contribution < 1.29 is 32.7 Å². The fourth-order valence-corrected chi connectivity index (χ4v) is 6.27. The molecule has 0 unspecified atom stereocenters. The molecule has 0 aromatic heterocycles. The highest BCUT2D eigenvalue weighted by Crippen LogP contribution is 2.38. The molecule has 0 aliphatic carbocycles. The van der Waals surface area contributed by atoms with Crippen LogP contribution in [0.2, 0.25) is 0 Å². The van der Waals surface area contributed by atoms with Crippen molar-refractivity contribution >= 4 is 55.8 Å². The fraction of sp³-hybridized carbons (Fsp3) is 0.344. The highest BCUT2D eigenvalue weighted by molar-refractivity contribution is 7.91. The SMILES string of the molecule is CCN(C(=O)O)[C@@H](C)C(=O)N[C@@H]1C(=O)N(Cc2c(C)ccc3ccccc23)c2ccc(C#N)cc2N(C(=O)CS(C)(=O)=O)[C@H]1C. The zero-order valence-corrected chi connectivity index (χ0v) is 26.5. The first-order chi connectivity index (χ1) is 21.2. The lowest BCUT2D eigenvalue weighted by Crippen LogP contribution is -2.61. The molecule has 0 saturated carbocycles. The van der Waals surface area contributed by atoms with Crippen LogP contribution in [0.5, 0.6) is 0 Å². The number of benzene rings is 3. The van der Waals surface area contributed by atoms with Gasteiger partial charge in [0.1, 0.15) is 17.8 Å². The topological polar surface area (TPSA) is 168 Å². The van der Waals surface area contributed by atoms with Gasteiger partial charge in [0.25, 0.3) is 5.91 Å². The van der Waals surface area contributed by atoms with E-state index >= 15 is 0 Å². The number of aryl methyl sites for hydroxylation is 1. The molecular formula is C32H35N5O7S. The van der Waals surface area contributed by atoms with Crippen LogP contribution >= 0.6 is 0 Å². The number of hydrogen-bond acceptors (Lipinski definition) is 7. The van der Waals surface area contributed by atoms with E-state index < -0.39 is 57.5 Å². The smallest absolute Gasteiger partial charge is 0.407 e. The molecule has 1 aliphatic heterocycles. The summed E-state index contributed by atoms with van der Waals surface area (Å²) in [6.07, 6.45) is -0.415. The van der Waals surface area contributed by atoms with E-state index in [0.29, 0.717) is 0 Å². The molecule has 1 heterocycles. The Balaban J connectivity index is 1.93. The number of carboxylic acid groups (broad SMARTS) is 1. The van der Waals surface area contributed by atoms with Crippen LogP contribution in [0.1, 0.15) is 37.5 Å². The van der Waals surface area contributed by atoms with E-state index in [1.54, 1.807) is 6.92 Å². The average molecular weight is 634 g/mol. The molecule has 3 atom stereocenters. The number of hydrogen-bond donors (Lipinski definition) is 2. The molecular weight excluding hydrogens is 598 g/mol. The van der Waals surface area contributed by atoms with Crippen molar-refractivity contribution in [3.8, 4) is 6.07 Å². The minimum Gasteiger partial charge on any atom is -0.465 e. The molecule has 0 spiro atoms. The quantitative estimate of drug-likeness (QED) is 0.381. The lowest BCUT2D eigenvalue weighted by molar-refractivity contribution is -0.130. The van der Waals surface area contributed by atoms with Gasteiger partial charge in [0.15, 0.2) is 9.84 Å². The second-order valence-electron chi connectivity index (χ2n) is 11.1. The van der Waals surface area contributed by atoms with Crippen molar-refractivity contribution in [2.75, 3.05) is 28.4 Å². The molecule has 3 aromatic carbocycles. The van der Waals surface area contributed by atoms with E-state index in [1.165, 1.54) is 36.9 Å². The third kappa shape index (κ3) is 6.76. The predicted octanol–water partition coefficient (Wildman–Crippen LogP) is 3.21. The Bertz CT molecular complexity index is 1840. The molecule has 4 amide bonds. The number of anilines is 2. The number of carbonyl (C=O) groups is 4. The van der Waals surface area contributed by atoms with Crippen LogP contribution in [-0.2, 0) is 30.8 Å². The maximum atomic E-state index is 14.6. The Hall–Kier alpha value is -4.96.